The number of carbonyl (C=O) groups excluding carboxylic acids is 3. The molecule has 0 aliphatic carbocycles. The second-order valence-corrected chi connectivity index (χ2v) is 7.45. The molecule has 9 heteroatoms. The second-order valence-electron chi connectivity index (χ2n) is 7.19. The third-order valence-corrected chi connectivity index (χ3v) is 5.42. The molecular weight excluding hydrogens is 423 g/mol. The number of hydrogen-bond donors (Lipinski definition) is 2. The van der Waals surface area contributed by atoms with Gasteiger partial charge in [0.25, 0.3) is 5.91 Å². The van der Waals surface area contributed by atoms with Crippen LogP contribution in [0.25, 0.3) is 0 Å². The number of hydrogen-bond acceptors (Lipinski definition) is 4. The zero-order chi connectivity index (χ0) is 22.5. The van der Waals surface area contributed by atoms with E-state index in [0.29, 0.717) is 24.2 Å². The van der Waals surface area contributed by atoms with E-state index in [1.807, 2.05) is 0 Å². The van der Waals surface area contributed by atoms with Gasteiger partial charge in [-0.1, -0.05) is 24.3 Å². The highest BCUT2D eigenvalue weighted by molar-refractivity contribution is 6.27. The van der Waals surface area contributed by atoms with Crippen molar-refractivity contribution in [2.45, 2.75) is 6.42 Å². The molecule has 3 amide bonds. The molecule has 0 saturated carbocycles. The van der Waals surface area contributed by atoms with Crippen molar-refractivity contribution < 1.29 is 18.8 Å². The molecule has 162 valence electrons. The minimum atomic E-state index is -0.655. The molecule has 3 rings (SSSR count). The van der Waals surface area contributed by atoms with Crippen molar-refractivity contribution in [1.29, 1.82) is 5.41 Å². The Hall–Kier alpha value is -3.26. The Morgan fingerprint density at radius 3 is 2.19 bits per heavy atom. The van der Waals surface area contributed by atoms with E-state index in [1.54, 1.807) is 29.2 Å². The molecule has 31 heavy (non-hydrogen) atoms. The van der Waals surface area contributed by atoms with E-state index >= 15 is 0 Å². The number of nitrogens with one attached hydrogen (secondary N) is 1. The zero-order valence-corrected chi connectivity index (χ0v) is 17.5. The molecule has 0 atom stereocenters. The number of primary amides is 1. The summed E-state index contributed by atoms with van der Waals surface area (Å²) >= 11 is 5.57. The fourth-order valence-electron chi connectivity index (χ4n) is 3.52. The van der Waals surface area contributed by atoms with Crippen LogP contribution >= 0.6 is 11.6 Å². The predicted molar refractivity (Wildman–Crippen MR) is 115 cm³/mol. The molecule has 0 bridgehead atoms. The van der Waals surface area contributed by atoms with Gasteiger partial charge >= 0.3 is 0 Å². The number of halogens is 2. The molecule has 1 heterocycles. The number of benzene rings is 2. The summed E-state index contributed by atoms with van der Waals surface area (Å²) in [6, 6.07) is 10.7. The Morgan fingerprint density at radius 2 is 1.58 bits per heavy atom. The number of nitrogens with two attached hydrogens (primary N) is 1. The van der Waals surface area contributed by atoms with Gasteiger partial charge in [0.1, 0.15) is 11.7 Å². The van der Waals surface area contributed by atoms with E-state index in [1.165, 1.54) is 23.1 Å². The van der Waals surface area contributed by atoms with Crippen molar-refractivity contribution in [3.8, 4) is 0 Å². The molecular formula is C22H22ClFN4O3. The molecule has 0 radical (unpaired) electrons. The molecule has 3 N–H and O–H groups in total. The van der Waals surface area contributed by atoms with E-state index < -0.39 is 17.6 Å². The third kappa shape index (κ3) is 5.08. The first-order valence-electron chi connectivity index (χ1n) is 9.70. The van der Waals surface area contributed by atoms with Crippen molar-refractivity contribution >= 4 is 35.0 Å². The highest BCUT2D eigenvalue weighted by Crippen LogP contribution is 2.18. The van der Waals surface area contributed by atoms with Crippen LogP contribution in [0.5, 0.6) is 0 Å². The molecule has 1 saturated heterocycles. The number of amides is 3. The Kier molecular flexibility index (Phi) is 7.02. The normalized spacial score (nSPS) is 13.7. The standard InChI is InChI=1S/C22H22ClFN4O3/c23-13-20(29)27-7-9-28(10-8-27)22(31)17-11-14(5-6-18(17)24)12-19(25)15-3-1-2-4-16(15)21(26)30/h1-6,11,25H,7-10,12-13H2,(H2,26,30). The summed E-state index contributed by atoms with van der Waals surface area (Å²) in [4.78, 5) is 39.2. The van der Waals surface area contributed by atoms with Crippen LogP contribution in [0.1, 0.15) is 31.8 Å². The Bertz CT molecular complexity index is 1040. The van der Waals surface area contributed by atoms with Crippen molar-refractivity contribution in [1.82, 2.24) is 9.80 Å². The van der Waals surface area contributed by atoms with Crippen LogP contribution < -0.4 is 5.73 Å². The maximum atomic E-state index is 14.4. The number of carbonyl (C=O) groups is 3. The van der Waals surface area contributed by atoms with Gasteiger partial charge in [-0.15, -0.1) is 11.6 Å². The fourth-order valence-corrected chi connectivity index (χ4v) is 3.69. The monoisotopic (exact) mass is 444 g/mol. The van der Waals surface area contributed by atoms with Gasteiger partial charge in [0.15, 0.2) is 0 Å². The van der Waals surface area contributed by atoms with Crippen LogP contribution in [0.4, 0.5) is 4.39 Å². The fraction of sp³-hybridized carbons (Fsp3) is 0.273. The summed E-state index contributed by atoms with van der Waals surface area (Å²) < 4.78 is 14.4. The molecule has 0 aromatic heterocycles. The first-order chi connectivity index (χ1) is 14.8. The van der Waals surface area contributed by atoms with Crippen LogP contribution in [0.2, 0.25) is 0 Å². The lowest BCUT2D eigenvalue weighted by atomic mass is 9.96. The van der Waals surface area contributed by atoms with Gasteiger partial charge in [-0.25, -0.2) is 4.39 Å². The van der Waals surface area contributed by atoms with Crippen LogP contribution in [0.15, 0.2) is 42.5 Å². The van der Waals surface area contributed by atoms with E-state index in [9.17, 15) is 18.8 Å². The number of rotatable bonds is 6. The first kappa shape index (κ1) is 22.4. The molecule has 2 aromatic carbocycles. The van der Waals surface area contributed by atoms with Gasteiger partial charge < -0.3 is 20.9 Å². The van der Waals surface area contributed by atoms with Gasteiger partial charge in [0.2, 0.25) is 11.8 Å². The van der Waals surface area contributed by atoms with Crippen LogP contribution in [-0.2, 0) is 11.2 Å². The largest absolute Gasteiger partial charge is 0.366 e. The lowest BCUT2D eigenvalue weighted by Gasteiger charge is -2.34. The quantitative estimate of drug-likeness (QED) is 0.526. The lowest BCUT2D eigenvalue weighted by molar-refractivity contribution is -0.129. The van der Waals surface area contributed by atoms with Crippen molar-refractivity contribution in [2.75, 3.05) is 32.1 Å². The Balaban J connectivity index is 1.75. The van der Waals surface area contributed by atoms with Gasteiger partial charge in [-0.05, 0) is 23.8 Å². The number of piperazine rings is 1. The smallest absolute Gasteiger partial charge is 0.256 e. The summed E-state index contributed by atoms with van der Waals surface area (Å²) in [6.07, 6.45) is 0.100. The summed E-state index contributed by atoms with van der Waals surface area (Å²) in [6.45, 7) is 1.25. The summed E-state index contributed by atoms with van der Waals surface area (Å²) in [5.41, 5.74) is 6.61. The van der Waals surface area contributed by atoms with Crippen LogP contribution in [0, 0.1) is 11.2 Å². The Morgan fingerprint density at radius 1 is 0.968 bits per heavy atom. The number of alkyl halides is 1. The van der Waals surface area contributed by atoms with E-state index in [2.05, 4.69) is 0 Å². The molecule has 1 aliphatic heterocycles. The lowest BCUT2D eigenvalue weighted by Crippen LogP contribution is -2.51. The highest BCUT2D eigenvalue weighted by atomic mass is 35.5. The zero-order valence-electron chi connectivity index (χ0n) is 16.7. The van der Waals surface area contributed by atoms with Crippen LogP contribution in [0.3, 0.4) is 0 Å². The summed E-state index contributed by atoms with van der Waals surface area (Å²) in [5, 5.41) is 8.36. The van der Waals surface area contributed by atoms with E-state index in [4.69, 9.17) is 22.7 Å². The van der Waals surface area contributed by atoms with Crippen molar-refractivity contribution in [3.63, 3.8) is 0 Å². The number of nitrogens with zero attached hydrogens (tertiary/aromatic N) is 2. The van der Waals surface area contributed by atoms with Gasteiger partial charge in [0, 0.05) is 49.4 Å². The average molecular weight is 445 g/mol. The van der Waals surface area contributed by atoms with Crippen molar-refractivity contribution in [3.05, 3.63) is 70.5 Å². The van der Waals surface area contributed by atoms with Gasteiger partial charge in [-0.3, -0.25) is 14.4 Å². The molecule has 2 aromatic rings. The van der Waals surface area contributed by atoms with Gasteiger partial charge in [-0.2, -0.15) is 0 Å². The minimum Gasteiger partial charge on any atom is -0.366 e. The van der Waals surface area contributed by atoms with E-state index in [0.717, 1.165) is 0 Å². The topological polar surface area (TPSA) is 108 Å². The predicted octanol–water partition coefficient (Wildman–Crippen LogP) is 2.06. The SMILES string of the molecule is N=C(Cc1ccc(F)c(C(=O)N2CCN(C(=O)CCl)CC2)c1)c1ccccc1C(N)=O. The molecule has 1 fully saturated rings. The van der Waals surface area contributed by atoms with Crippen LogP contribution in [-0.4, -0.2) is 65.3 Å². The Labute approximate surface area is 184 Å². The molecule has 0 spiro atoms. The summed E-state index contributed by atoms with van der Waals surface area (Å²) in [5.74, 6) is -2.08. The van der Waals surface area contributed by atoms with E-state index in [-0.39, 0.29) is 48.1 Å². The van der Waals surface area contributed by atoms with Gasteiger partial charge in [0.05, 0.1) is 5.56 Å². The average Bonchev–Trinajstić information content (AvgIpc) is 2.79. The molecule has 0 unspecified atom stereocenters. The minimum absolute atomic E-state index is 0.0920. The third-order valence-electron chi connectivity index (χ3n) is 5.19. The maximum absolute atomic E-state index is 14.4. The second kappa shape index (κ2) is 9.70. The van der Waals surface area contributed by atoms with Crippen molar-refractivity contribution in [2.24, 2.45) is 5.73 Å². The molecule has 1 aliphatic rings. The highest BCUT2D eigenvalue weighted by Gasteiger charge is 2.26. The maximum Gasteiger partial charge on any atom is 0.256 e. The molecule has 7 nitrogen and oxygen atoms in total. The summed E-state index contributed by atoms with van der Waals surface area (Å²) in [7, 11) is 0. The first-order valence-corrected chi connectivity index (χ1v) is 10.2.